The number of benzene rings is 1. The van der Waals surface area contributed by atoms with Crippen LogP contribution in [0.25, 0.3) is 22.5 Å². The van der Waals surface area contributed by atoms with Gasteiger partial charge in [-0.15, -0.1) is 10.2 Å². The molecule has 6 nitrogen and oxygen atoms in total. The standard InChI is InChI=1S/C19H21N5O/c1-13-7-8-17(24(13)2)19-23-22-18(25-19)12-20-10-9-14-11-21-16-6-4-3-5-15(14)16/h3-8,11,20-21H,9-10,12H2,1-2H3. The Hall–Kier alpha value is -2.86. The van der Waals surface area contributed by atoms with E-state index in [1.165, 1.54) is 16.5 Å². The number of nitrogens with one attached hydrogen (secondary N) is 2. The lowest BCUT2D eigenvalue weighted by Crippen LogP contribution is -2.16. The summed E-state index contributed by atoms with van der Waals surface area (Å²) in [4.78, 5) is 3.30. The molecule has 0 amide bonds. The highest BCUT2D eigenvalue weighted by molar-refractivity contribution is 5.83. The lowest BCUT2D eigenvalue weighted by molar-refractivity contribution is 0.476. The molecule has 0 bridgehead atoms. The largest absolute Gasteiger partial charge is 0.418 e. The van der Waals surface area contributed by atoms with E-state index < -0.39 is 0 Å². The van der Waals surface area contributed by atoms with Gasteiger partial charge in [0.1, 0.15) is 5.69 Å². The number of aromatic amines is 1. The molecule has 0 saturated carbocycles. The van der Waals surface area contributed by atoms with Crippen molar-refractivity contribution in [3.05, 3.63) is 59.7 Å². The number of H-pyrrole nitrogens is 1. The van der Waals surface area contributed by atoms with Crippen LogP contribution in [0.5, 0.6) is 0 Å². The van der Waals surface area contributed by atoms with Crippen LogP contribution >= 0.6 is 0 Å². The molecule has 25 heavy (non-hydrogen) atoms. The topological polar surface area (TPSA) is 71.7 Å². The molecular formula is C19H21N5O. The number of hydrogen-bond acceptors (Lipinski definition) is 4. The van der Waals surface area contributed by atoms with Crippen LogP contribution in [-0.4, -0.2) is 26.3 Å². The third-order valence-corrected chi connectivity index (χ3v) is 4.58. The fraction of sp³-hybridized carbons (Fsp3) is 0.263. The van der Waals surface area contributed by atoms with Crippen molar-refractivity contribution in [2.75, 3.05) is 6.54 Å². The number of para-hydroxylation sites is 1. The average molecular weight is 335 g/mol. The summed E-state index contributed by atoms with van der Waals surface area (Å²) < 4.78 is 7.80. The number of rotatable bonds is 6. The predicted octanol–water partition coefficient (Wildman–Crippen LogP) is 3.20. The van der Waals surface area contributed by atoms with Crippen LogP contribution in [0.1, 0.15) is 17.1 Å². The molecule has 0 aliphatic carbocycles. The second-order valence-corrected chi connectivity index (χ2v) is 6.21. The Bertz CT molecular complexity index is 994. The SMILES string of the molecule is Cc1ccc(-c2nnc(CNCCc3c[nH]c4ccccc34)o2)n1C. The highest BCUT2D eigenvalue weighted by Crippen LogP contribution is 2.20. The lowest BCUT2D eigenvalue weighted by atomic mass is 10.1. The maximum absolute atomic E-state index is 5.76. The van der Waals surface area contributed by atoms with E-state index in [9.17, 15) is 0 Å². The first kappa shape index (κ1) is 15.7. The molecule has 4 rings (SSSR count). The van der Waals surface area contributed by atoms with Crippen molar-refractivity contribution in [1.29, 1.82) is 0 Å². The summed E-state index contributed by atoms with van der Waals surface area (Å²) in [6.07, 6.45) is 3.02. The van der Waals surface area contributed by atoms with E-state index >= 15 is 0 Å². The van der Waals surface area contributed by atoms with Crippen LogP contribution in [0.15, 0.2) is 47.0 Å². The smallest absolute Gasteiger partial charge is 0.264 e. The summed E-state index contributed by atoms with van der Waals surface area (Å²) in [5.74, 6) is 1.16. The van der Waals surface area contributed by atoms with Crippen molar-refractivity contribution in [3.8, 4) is 11.6 Å². The van der Waals surface area contributed by atoms with Crippen molar-refractivity contribution in [2.24, 2.45) is 7.05 Å². The third kappa shape index (κ3) is 3.08. The highest BCUT2D eigenvalue weighted by atomic mass is 16.4. The molecule has 3 aromatic heterocycles. The van der Waals surface area contributed by atoms with Gasteiger partial charge in [-0.25, -0.2) is 0 Å². The number of aryl methyl sites for hydroxylation is 1. The van der Waals surface area contributed by atoms with Gasteiger partial charge in [0.05, 0.1) is 6.54 Å². The Balaban J connectivity index is 1.34. The van der Waals surface area contributed by atoms with E-state index in [4.69, 9.17) is 4.42 Å². The highest BCUT2D eigenvalue weighted by Gasteiger charge is 2.12. The van der Waals surface area contributed by atoms with Gasteiger partial charge in [0.2, 0.25) is 5.89 Å². The van der Waals surface area contributed by atoms with E-state index in [1.807, 2.05) is 36.7 Å². The normalized spacial score (nSPS) is 11.4. The van der Waals surface area contributed by atoms with Crippen LogP contribution in [0.3, 0.4) is 0 Å². The Kier molecular flexibility index (Phi) is 4.11. The molecule has 0 atom stereocenters. The number of fused-ring (bicyclic) bond motifs is 1. The molecule has 1 aromatic carbocycles. The Morgan fingerprint density at radius 2 is 2.04 bits per heavy atom. The average Bonchev–Trinajstić information content (AvgIpc) is 3.33. The molecule has 0 fully saturated rings. The zero-order valence-corrected chi connectivity index (χ0v) is 14.4. The molecule has 0 aliphatic rings. The lowest BCUT2D eigenvalue weighted by Gasteiger charge is -2.02. The van der Waals surface area contributed by atoms with Crippen LogP contribution in [-0.2, 0) is 20.0 Å². The maximum atomic E-state index is 5.76. The molecule has 2 N–H and O–H groups in total. The summed E-state index contributed by atoms with van der Waals surface area (Å²) in [6, 6.07) is 12.4. The van der Waals surface area contributed by atoms with Gasteiger partial charge in [0.15, 0.2) is 0 Å². The molecule has 3 heterocycles. The molecular weight excluding hydrogens is 314 g/mol. The third-order valence-electron chi connectivity index (χ3n) is 4.58. The molecule has 128 valence electrons. The molecule has 0 aliphatic heterocycles. The molecule has 0 unspecified atom stereocenters. The quantitative estimate of drug-likeness (QED) is 0.531. The van der Waals surface area contributed by atoms with Crippen molar-refractivity contribution in [1.82, 2.24) is 25.1 Å². The van der Waals surface area contributed by atoms with Crippen LogP contribution in [0, 0.1) is 6.92 Å². The predicted molar refractivity (Wildman–Crippen MR) is 97.2 cm³/mol. The van der Waals surface area contributed by atoms with Crippen molar-refractivity contribution in [2.45, 2.75) is 19.9 Å². The van der Waals surface area contributed by atoms with Gasteiger partial charge >= 0.3 is 0 Å². The summed E-state index contributed by atoms with van der Waals surface area (Å²) in [5, 5.41) is 12.9. The molecule has 0 saturated heterocycles. The van der Waals surface area contributed by atoms with Crippen LogP contribution < -0.4 is 5.32 Å². The van der Waals surface area contributed by atoms with E-state index in [0.29, 0.717) is 18.3 Å². The first-order valence-corrected chi connectivity index (χ1v) is 8.43. The Morgan fingerprint density at radius 1 is 1.16 bits per heavy atom. The summed E-state index contributed by atoms with van der Waals surface area (Å²) in [7, 11) is 1.99. The first-order valence-electron chi connectivity index (χ1n) is 8.43. The van der Waals surface area contributed by atoms with Crippen molar-refractivity contribution >= 4 is 10.9 Å². The van der Waals surface area contributed by atoms with Crippen LogP contribution in [0.4, 0.5) is 0 Å². The van der Waals surface area contributed by atoms with E-state index in [0.717, 1.165) is 24.4 Å². The Labute approximate surface area is 145 Å². The maximum Gasteiger partial charge on any atom is 0.264 e. The van der Waals surface area contributed by atoms with E-state index in [2.05, 4.69) is 44.9 Å². The molecule has 4 aromatic rings. The molecule has 0 radical (unpaired) electrons. The van der Waals surface area contributed by atoms with Crippen LogP contribution in [0.2, 0.25) is 0 Å². The van der Waals surface area contributed by atoms with Crippen molar-refractivity contribution in [3.63, 3.8) is 0 Å². The van der Waals surface area contributed by atoms with Gasteiger partial charge in [0.25, 0.3) is 5.89 Å². The fourth-order valence-corrected chi connectivity index (χ4v) is 3.01. The summed E-state index contributed by atoms with van der Waals surface area (Å²) in [5.41, 5.74) is 4.59. The molecule has 0 spiro atoms. The molecule has 6 heteroatoms. The second kappa shape index (κ2) is 6.57. The van der Waals surface area contributed by atoms with Crippen molar-refractivity contribution < 1.29 is 4.42 Å². The van der Waals surface area contributed by atoms with E-state index in [-0.39, 0.29) is 0 Å². The number of aromatic nitrogens is 4. The van der Waals surface area contributed by atoms with E-state index in [1.54, 1.807) is 0 Å². The van der Waals surface area contributed by atoms with Gasteiger partial charge in [0, 0.05) is 29.8 Å². The monoisotopic (exact) mass is 335 g/mol. The number of hydrogen-bond donors (Lipinski definition) is 2. The fourth-order valence-electron chi connectivity index (χ4n) is 3.01. The minimum Gasteiger partial charge on any atom is -0.418 e. The minimum atomic E-state index is 0.559. The second-order valence-electron chi connectivity index (χ2n) is 6.21. The number of nitrogens with zero attached hydrogens (tertiary/aromatic N) is 3. The summed E-state index contributed by atoms with van der Waals surface area (Å²) in [6.45, 7) is 3.47. The van der Waals surface area contributed by atoms with Gasteiger partial charge in [-0.05, 0) is 43.7 Å². The van der Waals surface area contributed by atoms with Gasteiger partial charge < -0.3 is 19.3 Å². The van der Waals surface area contributed by atoms with Gasteiger partial charge in [-0.2, -0.15) is 0 Å². The zero-order valence-electron chi connectivity index (χ0n) is 14.4. The Morgan fingerprint density at radius 3 is 2.88 bits per heavy atom. The zero-order chi connectivity index (χ0) is 17.2. The first-order chi connectivity index (χ1) is 12.2. The minimum absolute atomic E-state index is 0.559. The van der Waals surface area contributed by atoms with Gasteiger partial charge in [-0.3, -0.25) is 0 Å². The van der Waals surface area contributed by atoms with Gasteiger partial charge in [-0.1, -0.05) is 18.2 Å². The summed E-state index contributed by atoms with van der Waals surface area (Å²) >= 11 is 0.